The van der Waals surface area contributed by atoms with E-state index < -0.39 is 0 Å². The molecule has 0 fully saturated rings. The third kappa shape index (κ3) is 4.72. The average Bonchev–Trinajstić information content (AvgIpc) is 3.01. The molecule has 1 N–H and O–H groups in total. The molecule has 0 radical (unpaired) electrons. The van der Waals surface area contributed by atoms with Crippen LogP contribution in [0.4, 0.5) is 0 Å². The number of carbonyl (C=O) groups excluding carboxylic acids is 2. The Kier molecular flexibility index (Phi) is 6.47. The Morgan fingerprint density at radius 3 is 2.52 bits per heavy atom. The van der Waals surface area contributed by atoms with Crippen molar-refractivity contribution in [3.05, 3.63) is 58.3 Å². The van der Waals surface area contributed by atoms with E-state index in [1.165, 1.54) is 11.8 Å². The number of hydrogen-bond donors (Lipinski definition) is 1. The van der Waals surface area contributed by atoms with Gasteiger partial charge in [-0.15, -0.1) is 0 Å². The Morgan fingerprint density at radius 1 is 1.21 bits per heavy atom. The van der Waals surface area contributed by atoms with Crippen LogP contribution >= 0.6 is 11.8 Å². The van der Waals surface area contributed by atoms with Gasteiger partial charge in [0.2, 0.25) is 5.91 Å². The van der Waals surface area contributed by atoms with Crippen molar-refractivity contribution in [3.8, 4) is 0 Å². The number of allylic oxidation sites excluding steroid dienone is 1. The predicted molar refractivity (Wildman–Crippen MR) is 116 cm³/mol. The summed E-state index contributed by atoms with van der Waals surface area (Å²) < 4.78 is 5.53. The number of fused-ring (bicyclic) bond motifs is 1. The first-order valence-corrected chi connectivity index (χ1v) is 10.7. The van der Waals surface area contributed by atoms with Crippen molar-refractivity contribution in [2.75, 3.05) is 0 Å². The molecule has 2 aliphatic rings. The fourth-order valence-corrected chi connectivity index (χ4v) is 4.36. The number of esters is 1. The zero-order chi connectivity index (χ0) is 21.1. The van der Waals surface area contributed by atoms with Crippen LogP contribution in [-0.4, -0.2) is 34.1 Å². The smallest absolute Gasteiger partial charge is 0.338 e. The fourth-order valence-electron chi connectivity index (χ4n) is 3.40. The summed E-state index contributed by atoms with van der Waals surface area (Å²) in [5.41, 5.74) is 2.92. The summed E-state index contributed by atoms with van der Waals surface area (Å²) in [6.45, 7) is 9.36. The molecule has 0 saturated heterocycles. The number of aliphatic imine (C=N–C) groups is 1. The van der Waals surface area contributed by atoms with Crippen molar-refractivity contribution in [2.45, 2.75) is 59.2 Å². The molecule has 0 aromatic heterocycles. The Bertz CT molecular complexity index is 888. The highest BCUT2D eigenvalue weighted by atomic mass is 32.2. The first-order valence-electron chi connectivity index (χ1n) is 9.77. The Labute approximate surface area is 176 Å². The monoisotopic (exact) mass is 413 g/mol. The number of amides is 1. The minimum Gasteiger partial charge on any atom is -0.459 e. The number of nitrogens with one attached hydrogen (secondary N) is 1. The number of benzene rings is 1. The maximum atomic E-state index is 13.0. The average molecular weight is 414 g/mol. The molecule has 1 aromatic rings. The second-order valence-electron chi connectivity index (χ2n) is 7.66. The molecule has 1 aromatic carbocycles. The lowest BCUT2D eigenvalue weighted by molar-refractivity contribution is -0.143. The van der Waals surface area contributed by atoms with Crippen LogP contribution in [0, 0.1) is 0 Å². The van der Waals surface area contributed by atoms with Gasteiger partial charge in [0.15, 0.2) is 5.17 Å². The van der Waals surface area contributed by atoms with E-state index in [2.05, 4.69) is 10.3 Å². The summed E-state index contributed by atoms with van der Waals surface area (Å²) in [5.74, 6) is -0.436. The Hall–Kier alpha value is -2.54. The Balaban J connectivity index is 2.01. The molecule has 29 heavy (non-hydrogen) atoms. The minimum absolute atomic E-state index is 0.0579. The van der Waals surface area contributed by atoms with Crippen LogP contribution in [0.2, 0.25) is 0 Å². The molecule has 2 aliphatic heterocycles. The van der Waals surface area contributed by atoms with E-state index in [1.54, 1.807) is 0 Å². The molecule has 7 heteroatoms. The maximum absolute atomic E-state index is 13.0. The van der Waals surface area contributed by atoms with Crippen LogP contribution in [-0.2, 0) is 14.3 Å². The number of carbonyl (C=O) groups is 2. The molecule has 0 saturated carbocycles. The van der Waals surface area contributed by atoms with Gasteiger partial charge in [-0.25, -0.2) is 9.79 Å². The molecule has 2 heterocycles. The van der Waals surface area contributed by atoms with Crippen molar-refractivity contribution in [2.24, 2.45) is 4.99 Å². The minimum atomic E-state index is -0.386. The van der Waals surface area contributed by atoms with Crippen LogP contribution in [0.3, 0.4) is 0 Å². The van der Waals surface area contributed by atoms with Crippen LogP contribution in [0.1, 0.15) is 52.6 Å². The van der Waals surface area contributed by atoms with Gasteiger partial charge in [0.1, 0.15) is 0 Å². The molecule has 1 atom stereocenters. The van der Waals surface area contributed by atoms with Crippen LogP contribution in [0.15, 0.2) is 57.7 Å². The summed E-state index contributed by atoms with van der Waals surface area (Å²) in [5, 5.41) is 5.64. The van der Waals surface area contributed by atoms with Crippen molar-refractivity contribution in [3.63, 3.8) is 0 Å². The van der Waals surface area contributed by atoms with E-state index in [4.69, 9.17) is 4.74 Å². The summed E-state index contributed by atoms with van der Waals surface area (Å²) in [7, 11) is 0. The lowest BCUT2D eigenvalue weighted by Gasteiger charge is -2.36. The number of nitrogens with zero attached hydrogens (tertiary/aromatic N) is 2. The predicted octanol–water partition coefficient (Wildman–Crippen LogP) is 4.13. The van der Waals surface area contributed by atoms with Crippen molar-refractivity contribution in [1.82, 2.24) is 10.2 Å². The maximum Gasteiger partial charge on any atom is 0.338 e. The van der Waals surface area contributed by atoms with Gasteiger partial charge in [-0.05, 0) is 45.6 Å². The largest absolute Gasteiger partial charge is 0.459 e. The molecular formula is C22H27N3O3S. The number of thioether (sulfide) groups is 1. The van der Waals surface area contributed by atoms with Crippen LogP contribution in [0.25, 0.3) is 0 Å². The lowest BCUT2D eigenvalue weighted by atomic mass is 9.94. The third-order valence-electron chi connectivity index (χ3n) is 4.47. The molecule has 154 valence electrons. The SMILES string of the molecule is CC1=C(C(=O)OC(C)C)C(c2ccccc2)N2C(CC(=O)NC(C)C)=CSC2=N1. The highest BCUT2D eigenvalue weighted by Crippen LogP contribution is 2.44. The fraction of sp³-hybridized carbons (Fsp3) is 0.409. The van der Waals surface area contributed by atoms with E-state index in [1.807, 2.05) is 75.3 Å². The van der Waals surface area contributed by atoms with E-state index in [0.29, 0.717) is 11.3 Å². The van der Waals surface area contributed by atoms with E-state index in [-0.39, 0.29) is 36.5 Å². The number of ether oxygens (including phenoxy) is 1. The summed E-state index contributed by atoms with van der Waals surface area (Å²) >= 11 is 1.47. The molecule has 0 bridgehead atoms. The Morgan fingerprint density at radius 2 is 1.90 bits per heavy atom. The lowest BCUT2D eigenvalue weighted by Crippen LogP contribution is -2.39. The quantitative estimate of drug-likeness (QED) is 0.710. The number of hydrogen-bond acceptors (Lipinski definition) is 6. The van der Waals surface area contributed by atoms with Gasteiger partial charge in [0.25, 0.3) is 0 Å². The molecule has 3 rings (SSSR count). The van der Waals surface area contributed by atoms with Gasteiger partial charge < -0.3 is 15.0 Å². The van der Waals surface area contributed by atoms with Crippen molar-refractivity contribution >= 4 is 28.8 Å². The first-order chi connectivity index (χ1) is 13.8. The normalized spacial score (nSPS) is 18.6. The second kappa shape index (κ2) is 8.86. The molecular weight excluding hydrogens is 386 g/mol. The third-order valence-corrected chi connectivity index (χ3v) is 5.36. The highest BCUT2D eigenvalue weighted by Gasteiger charge is 2.41. The summed E-state index contributed by atoms with van der Waals surface area (Å²) in [4.78, 5) is 32.0. The molecule has 0 spiro atoms. The van der Waals surface area contributed by atoms with Crippen molar-refractivity contribution < 1.29 is 14.3 Å². The summed E-state index contributed by atoms with van der Waals surface area (Å²) in [6.07, 6.45) is -0.0107. The molecule has 1 unspecified atom stereocenters. The standard InChI is InChI=1S/C22H27N3O3S/c1-13(2)23-18(26)11-17-12-29-22-24-15(5)19(21(27)28-14(3)4)20(25(17)22)16-9-7-6-8-10-16/h6-10,12-14,20H,11H2,1-5H3,(H,23,26). The molecule has 0 aliphatic carbocycles. The van der Waals surface area contributed by atoms with Gasteiger partial charge >= 0.3 is 5.97 Å². The zero-order valence-electron chi connectivity index (χ0n) is 17.4. The second-order valence-corrected chi connectivity index (χ2v) is 8.49. The van der Waals surface area contributed by atoms with Crippen LogP contribution in [0.5, 0.6) is 0 Å². The molecule has 1 amide bonds. The summed E-state index contributed by atoms with van der Waals surface area (Å²) in [6, 6.07) is 9.48. The first kappa shape index (κ1) is 21.2. The van der Waals surface area contributed by atoms with Gasteiger partial charge in [-0.1, -0.05) is 42.1 Å². The van der Waals surface area contributed by atoms with Gasteiger partial charge in [0.05, 0.1) is 29.8 Å². The van der Waals surface area contributed by atoms with E-state index in [0.717, 1.165) is 16.4 Å². The van der Waals surface area contributed by atoms with E-state index in [9.17, 15) is 9.59 Å². The highest BCUT2D eigenvalue weighted by molar-refractivity contribution is 8.16. The number of amidine groups is 1. The van der Waals surface area contributed by atoms with Crippen LogP contribution < -0.4 is 5.32 Å². The number of rotatable bonds is 6. The van der Waals surface area contributed by atoms with Gasteiger partial charge in [-0.3, -0.25) is 4.79 Å². The van der Waals surface area contributed by atoms with Crippen molar-refractivity contribution in [1.29, 1.82) is 0 Å². The van der Waals surface area contributed by atoms with E-state index >= 15 is 0 Å². The zero-order valence-corrected chi connectivity index (χ0v) is 18.2. The molecule has 6 nitrogen and oxygen atoms in total. The van der Waals surface area contributed by atoms with Gasteiger partial charge in [0, 0.05) is 11.7 Å². The van der Waals surface area contributed by atoms with Gasteiger partial charge in [-0.2, -0.15) is 0 Å². The topological polar surface area (TPSA) is 71.0 Å².